The SMILES string of the molecule is CNCC1CCC(CN2CCC[C@H]3CCCC[C@H]32)O1. The summed E-state index contributed by atoms with van der Waals surface area (Å²) in [7, 11) is 2.02. The normalized spacial score (nSPS) is 40.3. The van der Waals surface area contributed by atoms with Crippen molar-refractivity contribution in [2.45, 2.75) is 69.6 Å². The molecule has 1 saturated carbocycles. The van der Waals surface area contributed by atoms with Crippen LogP contribution in [0.2, 0.25) is 0 Å². The van der Waals surface area contributed by atoms with Gasteiger partial charge >= 0.3 is 0 Å². The van der Waals surface area contributed by atoms with E-state index in [1.807, 2.05) is 7.05 Å². The minimum atomic E-state index is 0.460. The first kappa shape index (κ1) is 13.8. The Morgan fingerprint density at radius 3 is 2.68 bits per heavy atom. The van der Waals surface area contributed by atoms with Gasteiger partial charge in [-0.1, -0.05) is 12.8 Å². The van der Waals surface area contributed by atoms with Crippen molar-refractivity contribution < 1.29 is 4.74 Å². The van der Waals surface area contributed by atoms with Crippen molar-refractivity contribution >= 4 is 0 Å². The van der Waals surface area contributed by atoms with E-state index in [1.54, 1.807) is 0 Å². The molecular weight excluding hydrogens is 236 g/mol. The maximum atomic E-state index is 6.18. The number of hydrogen-bond donors (Lipinski definition) is 1. The van der Waals surface area contributed by atoms with E-state index in [0.717, 1.165) is 18.5 Å². The first-order chi connectivity index (χ1) is 9.36. The first-order valence-corrected chi connectivity index (χ1v) is 8.41. The molecule has 19 heavy (non-hydrogen) atoms. The van der Waals surface area contributed by atoms with Gasteiger partial charge in [0.2, 0.25) is 0 Å². The quantitative estimate of drug-likeness (QED) is 0.845. The van der Waals surface area contributed by atoms with Crippen molar-refractivity contribution in [3.63, 3.8) is 0 Å². The molecule has 3 nitrogen and oxygen atoms in total. The van der Waals surface area contributed by atoms with Gasteiger partial charge in [0.15, 0.2) is 0 Å². The monoisotopic (exact) mass is 266 g/mol. The van der Waals surface area contributed by atoms with Crippen LogP contribution in [0.1, 0.15) is 51.4 Å². The van der Waals surface area contributed by atoms with Crippen LogP contribution in [0.3, 0.4) is 0 Å². The molecule has 0 aromatic heterocycles. The molecule has 0 radical (unpaired) electrons. The number of piperidine rings is 1. The summed E-state index contributed by atoms with van der Waals surface area (Å²) in [5, 5.41) is 3.24. The predicted molar refractivity (Wildman–Crippen MR) is 78.4 cm³/mol. The van der Waals surface area contributed by atoms with Gasteiger partial charge in [0, 0.05) is 19.1 Å². The predicted octanol–water partition coefficient (Wildman–Crippen LogP) is 2.41. The van der Waals surface area contributed by atoms with Gasteiger partial charge in [-0.2, -0.15) is 0 Å². The zero-order chi connectivity index (χ0) is 13.1. The third-order valence-corrected chi connectivity index (χ3v) is 5.42. The zero-order valence-corrected chi connectivity index (χ0v) is 12.4. The Hall–Kier alpha value is -0.120. The van der Waals surface area contributed by atoms with E-state index in [-0.39, 0.29) is 0 Å². The Bertz CT molecular complexity index is 282. The van der Waals surface area contributed by atoms with Crippen molar-refractivity contribution in [3.8, 4) is 0 Å². The molecule has 2 unspecified atom stereocenters. The summed E-state index contributed by atoms with van der Waals surface area (Å²) in [6.45, 7) is 3.53. The average Bonchev–Trinajstić information content (AvgIpc) is 2.87. The van der Waals surface area contributed by atoms with Crippen LogP contribution in [0.4, 0.5) is 0 Å². The molecule has 0 amide bonds. The standard InChI is InChI=1S/C16H30N2O/c1-17-11-14-8-9-15(19-14)12-18-10-4-6-13-5-2-3-7-16(13)18/h13-17H,2-12H2,1H3/t13-,14?,15?,16-/m1/s1. The van der Waals surface area contributed by atoms with Crippen LogP contribution in [0, 0.1) is 5.92 Å². The van der Waals surface area contributed by atoms with Gasteiger partial charge in [-0.3, -0.25) is 4.90 Å². The summed E-state index contributed by atoms with van der Waals surface area (Å²) in [6.07, 6.45) is 12.2. The molecular formula is C16H30N2O. The molecule has 0 spiro atoms. The highest BCUT2D eigenvalue weighted by atomic mass is 16.5. The van der Waals surface area contributed by atoms with E-state index in [4.69, 9.17) is 4.74 Å². The molecule has 110 valence electrons. The molecule has 3 rings (SSSR count). The maximum Gasteiger partial charge on any atom is 0.0707 e. The second kappa shape index (κ2) is 6.55. The van der Waals surface area contributed by atoms with Crippen LogP contribution in [0.5, 0.6) is 0 Å². The smallest absolute Gasteiger partial charge is 0.0707 e. The Labute approximate surface area is 118 Å². The molecule has 2 aliphatic heterocycles. The van der Waals surface area contributed by atoms with Gasteiger partial charge in [0.05, 0.1) is 12.2 Å². The van der Waals surface area contributed by atoms with E-state index in [0.29, 0.717) is 12.2 Å². The number of likely N-dealkylation sites (tertiary alicyclic amines) is 1. The van der Waals surface area contributed by atoms with E-state index >= 15 is 0 Å². The number of hydrogen-bond acceptors (Lipinski definition) is 3. The van der Waals surface area contributed by atoms with Crippen LogP contribution >= 0.6 is 0 Å². The minimum Gasteiger partial charge on any atom is -0.372 e. The second-order valence-electron chi connectivity index (χ2n) is 6.76. The van der Waals surface area contributed by atoms with Gasteiger partial charge in [-0.05, 0) is 58.0 Å². The van der Waals surface area contributed by atoms with Crippen molar-refractivity contribution in [3.05, 3.63) is 0 Å². The lowest BCUT2D eigenvalue weighted by Crippen LogP contribution is -2.49. The van der Waals surface area contributed by atoms with Crippen LogP contribution in [0.25, 0.3) is 0 Å². The van der Waals surface area contributed by atoms with Crippen LogP contribution < -0.4 is 5.32 Å². The molecule has 3 heteroatoms. The second-order valence-corrected chi connectivity index (χ2v) is 6.76. The van der Waals surface area contributed by atoms with Gasteiger partial charge < -0.3 is 10.1 Å². The van der Waals surface area contributed by atoms with E-state index in [2.05, 4.69) is 10.2 Å². The minimum absolute atomic E-state index is 0.460. The lowest BCUT2D eigenvalue weighted by molar-refractivity contribution is -0.0121. The summed E-state index contributed by atoms with van der Waals surface area (Å²) in [5.74, 6) is 0.997. The highest BCUT2D eigenvalue weighted by Crippen LogP contribution is 2.36. The molecule has 0 aromatic carbocycles. The van der Waals surface area contributed by atoms with E-state index in [9.17, 15) is 0 Å². The van der Waals surface area contributed by atoms with Crippen molar-refractivity contribution in [2.24, 2.45) is 5.92 Å². The fourth-order valence-corrected chi connectivity index (χ4v) is 4.51. The van der Waals surface area contributed by atoms with Gasteiger partial charge in [-0.25, -0.2) is 0 Å². The van der Waals surface area contributed by atoms with E-state index in [1.165, 1.54) is 64.5 Å². The largest absolute Gasteiger partial charge is 0.372 e. The van der Waals surface area contributed by atoms with Crippen LogP contribution in [-0.2, 0) is 4.74 Å². The number of ether oxygens (including phenoxy) is 1. The zero-order valence-electron chi connectivity index (χ0n) is 12.4. The molecule has 2 saturated heterocycles. The highest BCUT2D eigenvalue weighted by molar-refractivity contribution is 4.89. The summed E-state index contributed by atoms with van der Waals surface area (Å²) < 4.78 is 6.18. The number of likely N-dealkylation sites (N-methyl/N-ethyl adjacent to an activating group) is 1. The number of nitrogens with one attached hydrogen (secondary N) is 1. The summed E-state index contributed by atoms with van der Waals surface area (Å²) in [6, 6.07) is 0.884. The summed E-state index contributed by atoms with van der Waals surface area (Å²) >= 11 is 0. The molecule has 3 aliphatic rings. The summed E-state index contributed by atoms with van der Waals surface area (Å²) in [5.41, 5.74) is 0. The fraction of sp³-hybridized carbons (Fsp3) is 1.00. The van der Waals surface area contributed by atoms with Crippen LogP contribution in [-0.4, -0.2) is 49.8 Å². The Morgan fingerprint density at radius 1 is 1.00 bits per heavy atom. The third kappa shape index (κ3) is 3.32. The Morgan fingerprint density at radius 2 is 1.79 bits per heavy atom. The van der Waals surface area contributed by atoms with Gasteiger partial charge in [0.1, 0.15) is 0 Å². The summed E-state index contributed by atoms with van der Waals surface area (Å²) in [4.78, 5) is 2.78. The molecule has 4 atom stereocenters. The highest BCUT2D eigenvalue weighted by Gasteiger charge is 2.35. The lowest BCUT2D eigenvalue weighted by Gasteiger charge is -2.45. The molecule has 1 N–H and O–H groups in total. The topological polar surface area (TPSA) is 24.5 Å². The van der Waals surface area contributed by atoms with Gasteiger partial charge in [-0.15, -0.1) is 0 Å². The Balaban J connectivity index is 1.51. The molecule has 2 heterocycles. The van der Waals surface area contributed by atoms with Gasteiger partial charge in [0.25, 0.3) is 0 Å². The number of rotatable bonds is 4. The van der Waals surface area contributed by atoms with Crippen molar-refractivity contribution in [1.29, 1.82) is 0 Å². The first-order valence-electron chi connectivity index (χ1n) is 8.41. The lowest BCUT2D eigenvalue weighted by atomic mass is 9.78. The molecule has 3 fully saturated rings. The van der Waals surface area contributed by atoms with Crippen LogP contribution in [0.15, 0.2) is 0 Å². The molecule has 1 aliphatic carbocycles. The van der Waals surface area contributed by atoms with Crippen molar-refractivity contribution in [2.75, 3.05) is 26.7 Å². The molecule has 0 aromatic rings. The Kier molecular flexibility index (Phi) is 4.78. The number of fused-ring (bicyclic) bond motifs is 1. The maximum absolute atomic E-state index is 6.18. The average molecular weight is 266 g/mol. The third-order valence-electron chi connectivity index (χ3n) is 5.42. The van der Waals surface area contributed by atoms with Crippen molar-refractivity contribution in [1.82, 2.24) is 10.2 Å². The number of nitrogens with zero attached hydrogens (tertiary/aromatic N) is 1. The van der Waals surface area contributed by atoms with E-state index < -0.39 is 0 Å². The fourth-order valence-electron chi connectivity index (χ4n) is 4.51. The molecule has 0 bridgehead atoms.